The molecular formula is C28H37N5O5. The quantitative estimate of drug-likeness (QED) is 0.245. The van der Waals surface area contributed by atoms with E-state index in [0.717, 1.165) is 17.1 Å². The average molecular weight is 524 g/mol. The highest BCUT2D eigenvalue weighted by Crippen LogP contribution is 2.16. The van der Waals surface area contributed by atoms with Gasteiger partial charge in [0.05, 0.1) is 47.6 Å². The van der Waals surface area contributed by atoms with Gasteiger partial charge in [-0.1, -0.05) is 19.1 Å². The predicted molar refractivity (Wildman–Crippen MR) is 142 cm³/mol. The number of nitrogens with zero attached hydrogens (tertiary/aromatic N) is 5. The van der Waals surface area contributed by atoms with Gasteiger partial charge in [0.1, 0.15) is 0 Å². The predicted octanol–water partition coefficient (Wildman–Crippen LogP) is 1.25. The summed E-state index contributed by atoms with van der Waals surface area (Å²) in [7, 11) is 0. The summed E-state index contributed by atoms with van der Waals surface area (Å²) in [5.41, 5.74) is 2.99. The fourth-order valence-electron chi connectivity index (χ4n) is 4.10. The minimum absolute atomic E-state index is 0.122. The molecule has 0 radical (unpaired) electrons. The highest BCUT2D eigenvalue weighted by atomic mass is 16.3. The molecule has 3 rings (SSSR count). The van der Waals surface area contributed by atoms with E-state index in [1.807, 2.05) is 36.4 Å². The molecule has 1 amide bonds. The number of amides is 1. The van der Waals surface area contributed by atoms with E-state index in [1.54, 1.807) is 31.5 Å². The van der Waals surface area contributed by atoms with Gasteiger partial charge in [0.15, 0.2) is 0 Å². The van der Waals surface area contributed by atoms with Crippen LogP contribution < -0.4 is 0 Å². The first kappa shape index (κ1) is 29.3. The number of hydrogen-bond donors (Lipinski definition) is 4. The summed E-state index contributed by atoms with van der Waals surface area (Å²) in [4.78, 5) is 30.1. The van der Waals surface area contributed by atoms with Crippen molar-refractivity contribution in [2.24, 2.45) is 5.92 Å². The van der Waals surface area contributed by atoms with E-state index < -0.39 is 30.8 Å². The minimum atomic E-state index is -1.30. The lowest BCUT2D eigenvalue weighted by Gasteiger charge is -2.30. The van der Waals surface area contributed by atoms with E-state index in [0.29, 0.717) is 31.7 Å². The zero-order valence-electron chi connectivity index (χ0n) is 21.8. The normalized spacial score (nSPS) is 14.6. The molecule has 0 spiro atoms. The van der Waals surface area contributed by atoms with Crippen LogP contribution in [0.2, 0.25) is 0 Å². The molecule has 4 atom stereocenters. The molecule has 0 aliphatic rings. The van der Waals surface area contributed by atoms with Crippen molar-refractivity contribution in [2.75, 3.05) is 19.7 Å². The van der Waals surface area contributed by atoms with Crippen LogP contribution >= 0.6 is 0 Å². The van der Waals surface area contributed by atoms with E-state index in [4.69, 9.17) is 5.11 Å². The van der Waals surface area contributed by atoms with Gasteiger partial charge in [-0.25, -0.2) is 0 Å². The van der Waals surface area contributed by atoms with Crippen molar-refractivity contribution in [1.29, 1.82) is 0 Å². The summed E-state index contributed by atoms with van der Waals surface area (Å²) in [6.07, 6.45) is 1.28. The highest BCUT2D eigenvalue weighted by molar-refractivity contribution is 5.93. The molecule has 0 fully saturated rings. The first-order valence-corrected chi connectivity index (χ1v) is 12.7. The van der Waals surface area contributed by atoms with Crippen LogP contribution in [0.1, 0.15) is 41.3 Å². The summed E-state index contributed by atoms with van der Waals surface area (Å²) < 4.78 is 0. The summed E-state index contributed by atoms with van der Waals surface area (Å²) in [5, 5.41) is 39.6. The molecule has 0 bridgehead atoms. The second-order valence-corrected chi connectivity index (χ2v) is 9.34. The molecule has 0 saturated carbocycles. The van der Waals surface area contributed by atoms with Gasteiger partial charge in [-0.05, 0) is 43.3 Å². The molecule has 4 N–H and O–H groups in total. The Kier molecular flexibility index (Phi) is 11.3. The summed E-state index contributed by atoms with van der Waals surface area (Å²) in [6, 6.07) is 15.1. The SMILES string of the molecule is CCN(C[C@H](O)[C@@H](O)[C@H](C)[C@H](O)CO)C(=O)c1ccc(CN(Cc2ccccn2)Cc2ccccn2)nc1. The van der Waals surface area contributed by atoms with Crippen molar-refractivity contribution >= 4 is 5.91 Å². The van der Waals surface area contributed by atoms with Crippen molar-refractivity contribution in [1.82, 2.24) is 24.8 Å². The maximum absolute atomic E-state index is 13.1. The molecular weight excluding hydrogens is 486 g/mol. The third-order valence-corrected chi connectivity index (χ3v) is 6.48. The van der Waals surface area contributed by atoms with Crippen LogP contribution in [0, 0.1) is 5.92 Å². The molecule has 10 heteroatoms. The fraction of sp³-hybridized carbons (Fsp3) is 0.429. The maximum atomic E-state index is 13.1. The van der Waals surface area contributed by atoms with Gasteiger partial charge >= 0.3 is 0 Å². The Balaban J connectivity index is 1.67. The van der Waals surface area contributed by atoms with E-state index in [9.17, 15) is 20.1 Å². The third-order valence-electron chi connectivity index (χ3n) is 6.48. The molecule has 204 valence electrons. The van der Waals surface area contributed by atoms with Crippen molar-refractivity contribution in [2.45, 2.75) is 51.8 Å². The first-order chi connectivity index (χ1) is 18.3. The topological polar surface area (TPSA) is 143 Å². The van der Waals surface area contributed by atoms with Crippen LogP contribution in [0.5, 0.6) is 0 Å². The van der Waals surface area contributed by atoms with Crippen LogP contribution in [0.4, 0.5) is 0 Å². The van der Waals surface area contributed by atoms with Crippen LogP contribution in [0.3, 0.4) is 0 Å². The molecule has 0 aliphatic carbocycles. The number of carbonyl (C=O) groups excluding carboxylic acids is 1. The van der Waals surface area contributed by atoms with Crippen molar-refractivity contribution < 1.29 is 25.2 Å². The van der Waals surface area contributed by atoms with E-state index in [1.165, 1.54) is 18.0 Å². The number of likely N-dealkylation sites (N-methyl/N-ethyl adjacent to an activating group) is 1. The van der Waals surface area contributed by atoms with E-state index in [2.05, 4.69) is 19.9 Å². The van der Waals surface area contributed by atoms with Gasteiger partial charge in [0.25, 0.3) is 5.91 Å². The number of aliphatic hydroxyl groups is 4. The van der Waals surface area contributed by atoms with Gasteiger partial charge in [-0.2, -0.15) is 0 Å². The number of carbonyl (C=O) groups is 1. The summed E-state index contributed by atoms with van der Waals surface area (Å²) in [5.74, 6) is -1.09. The smallest absolute Gasteiger partial charge is 0.255 e. The lowest BCUT2D eigenvalue weighted by Crippen LogP contribution is -2.47. The Labute approximate surface area is 223 Å². The Morgan fingerprint density at radius 2 is 1.42 bits per heavy atom. The Hall–Kier alpha value is -3.28. The number of hydrogen-bond acceptors (Lipinski definition) is 9. The lowest BCUT2D eigenvalue weighted by molar-refractivity contribution is -0.0694. The largest absolute Gasteiger partial charge is 0.394 e. The third kappa shape index (κ3) is 8.37. The number of aromatic nitrogens is 3. The number of rotatable bonds is 14. The Bertz CT molecular complexity index is 1060. The highest BCUT2D eigenvalue weighted by Gasteiger charge is 2.30. The maximum Gasteiger partial charge on any atom is 0.255 e. The second-order valence-electron chi connectivity index (χ2n) is 9.34. The molecule has 0 unspecified atom stereocenters. The monoisotopic (exact) mass is 523 g/mol. The van der Waals surface area contributed by atoms with Crippen LogP contribution in [0.25, 0.3) is 0 Å². The summed E-state index contributed by atoms with van der Waals surface area (Å²) >= 11 is 0. The first-order valence-electron chi connectivity index (χ1n) is 12.7. The summed E-state index contributed by atoms with van der Waals surface area (Å²) in [6.45, 7) is 4.69. The van der Waals surface area contributed by atoms with E-state index in [-0.39, 0.29) is 12.5 Å². The average Bonchev–Trinajstić information content (AvgIpc) is 2.95. The lowest BCUT2D eigenvalue weighted by atomic mass is 9.94. The molecule has 0 aliphatic heterocycles. The zero-order chi connectivity index (χ0) is 27.5. The van der Waals surface area contributed by atoms with Gasteiger partial charge < -0.3 is 25.3 Å². The minimum Gasteiger partial charge on any atom is -0.394 e. The Morgan fingerprint density at radius 3 is 1.87 bits per heavy atom. The standard InChI is InChI=1S/C28H37N5O5/c1-3-33(18-25(35)27(37)20(2)26(36)19-34)28(38)21-10-11-24(31-14-21)17-32(15-22-8-4-6-12-29-22)16-23-9-5-7-13-30-23/h4-14,20,25-27,34-37H,3,15-19H2,1-2H3/t20-,25+,26-,27+/m1/s1. The van der Waals surface area contributed by atoms with Crippen molar-refractivity contribution in [3.05, 3.63) is 89.8 Å². The zero-order valence-corrected chi connectivity index (χ0v) is 21.8. The van der Waals surface area contributed by atoms with Crippen LogP contribution in [0.15, 0.2) is 67.1 Å². The van der Waals surface area contributed by atoms with Gasteiger partial charge in [-0.15, -0.1) is 0 Å². The number of aliphatic hydroxyl groups excluding tert-OH is 4. The Morgan fingerprint density at radius 1 is 0.842 bits per heavy atom. The molecule has 3 heterocycles. The van der Waals surface area contributed by atoms with Crippen LogP contribution in [-0.2, 0) is 19.6 Å². The molecule has 10 nitrogen and oxygen atoms in total. The molecule has 0 saturated heterocycles. The van der Waals surface area contributed by atoms with Gasteiger partial charge in [-0.3, -0.25) is 24.6 Å². The van der Waals surface area contributed by atoms with Crippen molar-refractivity contribution in [3.63, 3.8) is 0 Å². The van der Waals surface area contributed by atoms with Crippen LogP contribution in [-0.4, -0.2) is 89.1 Å². The van der Waals surface area contributed by atoms with Gasteiger partial charge in [0.2, 0.25) is 0 Å². The molecule has 38 heavy (non-hydrogen) atoms. The molecule has 3 aromatic heterocycles. The van der Waals surface area contributed by atoms with Gasteiger partial charge in [0, 0.05) is 57.2 Å². The van der Waals surface area contributed by atoms with Crippen molar-refractivity contribution in [3.8, 4) is 0 Å². The number of pyridine rings is 3. The molecule has 3 aromatic rings. The van der Waals surface area contributed by atoms with E-state index >= 15 is 0 Å². The second kappa shape index (κ2) is 14.6. The molecule has 0 aromatic carbocycles. The fourth-order valence-corrected chi connectivity index (χ4v) is 4.10.